The van der Waals surface area contributed by atoms with Crippen molar-refractivity contribution in [3.05, 3.63) is 0 Å². The zero-order valence-electron chi connectivity index (χ0n) is 21.5. The van der Waals surface area contributed by atoms with Gasteiger partial charge in [0.15, 0.2) is 0 Å². The first kappa shape index (κ1) is 39.0. The zero-order valence-corrected chi connectivity index (χ0v) is 22.5. The van der Waals surface area contributed by atoms with Crippen LogP contribution in [-0.4, -0.2) is 127 Å². The Morgan fingerprint density at radius 2 is 0.564 bits per heavy atom. The summed E-state index contributed by atoms with van der Waals surface area (Å²) in [6.45, 7) is 6.61. The van der Waals surface area contributed by atoms with E-state index in [2.05, 4.69) is 59.9 Å². The van der Waals surface area contributed by atoms with E-state index in [0.717, 1.165) is 53.1 Å². The van der Waals surface area contributed by atoms with Crippen LogP contribution in [0, 0.1) is 0 Å². The van der Waals surface area contributed by atoms with E-state index in [9.17, 15) is 0 Å². The molecule has 211 valence electrons. The van der Waals surface area contributed by atoms with Crippen LogP contribution in [0.15, 0.2) is 59.9 Å². The van der Waals surface area contributed by atoms with Crippen LogP contribution >= 0.6 is 0 Å². The van der Waals surface area contributed by atoms with Crippen molar-refractivity contribution >= 4 is 87.3 Å². The molecule has 0 aromatic carbocycles. The van der Waals surface area contributed by atoms with Crippen LogP contribution in [0.4, 0.5) is 0 Å². The summed E-state index contributed by atoms with van der Waals surface area (Å²) < 4.78 is 0. The van der Waals surface area contributed by atoms with Gasteiger partial charge in [-0.05, 0) is 13.8 Å². The number of hydrogen-bond donors (Lipinski definition) is 0. The molecule has 0 unspecified atom stereocenters. The van der Waals surface area contributed by atoms with E-state index in [1.807, 2.05) is 0 Å². The SMILES string of the molecule is C1=NC=NC1.C1=NC=NC1.C1=NC=NC1.C1=NC=NC1.C1=NC=NC1.C1=NC=NC1.CC(=O)[O-].CC(=O)[O-].[Co+2]. The van der Waals surface area contributed by atoms with E-state index in [4.69, 9.17) is 19.8 Å². The van der Waals surface area contributed by atoms with Gasteiger partial charge in [-0.25, -0.2) is 30.0 Å². The van der Waals surface area contributed by atoms with E-state index >= 15 is 0 Å². The van der Waals surface area contributed by atoms with E-state index in [1.54, 1.807) is 75.3 Å². The van der Waals surface area contributed by atoms with Crippen molar-refractivity contribution in [3.63, 3.8) is 0 Å². The molecule has 0 saturated heterocycles. The fourth-order valence-corrected chi connectivity index (χ4v) is 1.41. The molecule has 6 aliphatic rings. The second-order valence-electron chi connectivity index (χ2n) is 5.86. The van der Waals surface area contributed by atoms with E-state index in [0.29, 0.717) is 0 Å². The number of carbonyl (C=O) groups is 2. The molecule has 0 N–H and O–H groups in total. The minimum Gasteiger partial charge on any atom is -0.550 e. The fourth-order valence-electron chi connectivity index (χ4n) is 1.41. The van der Waals surface area contributed by atoms with Gasteiger partial charge in [-0.3, -0.25) is 30.0 Å². The number of carboxylic acid groups (broad SMARTS) is 2. The summed E-state index contributed by atoms with van der Waals surface area (Å²) in [6.07, 6.45) is 19.9. The Bertz CT molecular complexity index is 731. The molecule has 0 spiro atoms. The molecule has 0 amide bonds. The molecular weight excluding hydrogens is 555 g/mol. The van der Waals surface area contributed by atoms with E-state index < -0.39 is 11.9 Å². The summed E-state index contributed by atoms with van der Waals surface area (Å²) in [5.41, 5.74) is 0. The van der Waals surface area contributed by atoms with Crippen molar-refractivity contribution in [2.45, 2.75) is 13.8 Å². The Labute approximate surface area is 236 Å². The summed E-state index contributed by atoms with van der Waals surface area (Å²) in [5, 5.41) is 17.8. The minimum atomic E-state index is -1.08. The zero-order chi connectivity index (χ0) is 28.4. The van der Waals surface area contributed by atoms with Crippen LogP contribution in [0.5, 0.6) is 0 Å². The molecule has 39 heavy (non-hydrogen) atoms. The number of hydrogen-bond acceptors (Lipinski definition) is 16. The largest absolute Gasteiger partial charge is 2.00 e. The number of aliphatic imine (C=N–C) groups is 12. The predicted octanol–water partition coefficient (Wildman–Crippen LogP) is -1.90. The van der Waals surface area contributed by atoms with E-state index in [1.165, 1.54) is 0 Å². The van der Waals surface area contributed by atoms with Crippen molar-refractivity contribution in [2.75, 3.05) is 39.3 Å². The molecule has 0 fully saturated rings. The molecule has 6 rings (SSSR count). The topological polar surface area (TPSA) is 229 Å². The van der Waals surface area contributed by atoms with Gasteiger partial charge in [0.25, 0.3) is 0 Å². The molecule has 0 aromatic heterocycles. The Kier molecular flexibility index (Phi) is 35.7. The maximum absolute atomic E-state index is 8.89. The molecule has 1 radical (unpaired) electrons. The average Bonchev–Trinajstić information content (AvgIpc) is 3.82. The number of nitrogens with zero attached hydrogens (tertiary/aromatic N) is 12. The van der Waals surface area contributed by atoms with Crippen molar-refractivity contribution in [3.8, 4) is 0 Å². The summed E-state index contributed by atoms with van der Waals surface area (Å²) >= 11 is 0. The van der Waals surface area contributed by atoms with Crippen LogP contribution in [0.3, 0.4) is 0 Å². The molecule has 0 aromatic rings. The minimum absolute atomic E-state index is 0. The van der Waals surface area contributed by atoms with Crippen LogP contribution < -0.4 is 10.2 Å². The van der Waals surface area contributed by atoms with Gasteiger partial charge in [0.2, 0.25) is 0 Å². The number of carbonyl (C=O) groups excluding carboxylic acids is 2. The van der Waals surface area contributed by atoms with Gasteiger partial charge in [-0.15, -0.1) is 0 Å². The average molecular weight is 585 g/mol. The second kappa shape index (κ2) is 35.6. The third-order valence-corrected chi connectivity index (χ3v) is 2.64. The van der Waals surface area contributed by atoms with Crippen molar-refractivity contribution in [2.24, 2.45) is 59.9 Å². The maximum Gasteiger partial charge on any atom is 2.00 e. The number of carboxylic acids is 2. The maximum atomic E-state index is 8.89. The molecule has 0 aliphatic carbocycles. The Hall–Kier alpha value is -4.51. The van der Waals surface area contributed by atoms with Crippen molar-refractivity contribution in [1.82, 2.24) is 0 Å². The van der Waals surface area contributed by atoms with Gasteiger partial charge in [-0.2, -0.15) is 0 Å². The first-order valence-electron chi connectivity index (χ1n) is 10.8. The van der Waals surface area contributed by atoms with Crippen LogP contribution in [0.25, 0.3) is 0 Å². The van der Waals surface area contributed by atoms with Gasteiger partial charge in [0.1, 0.15) is 38.0 Å². The molecule has 0 bridgehead atoms. The standard InChI is InChI=1S/6C3H4N2.2C2H4O2.Co/c6*1-2-5-3-4-1;2*1-2(3)4;/h6*1,3H,2H2;2*1H3,(H,3,4);/q;;;;;;;;+2/p-2. The Balaban J connectivity index is -0.000000379. The first-order chi connectivity index (χ1) is 18.5. The Morgan fingerprint density at radius 1 is 0.436 bits per heavy atom. The van der Waals surface area contributed by atoms with Gasteiger partial charge in [0.05, 0.1) is 39.3 Å². The molecule has 16 nitrogen and oxygen atoms in total. The smallest absolute Gasteiger partial charge is 0.550 e. The van der Waals surface area contributed by atoms with Crippen LogP contribution in [0.1, 0.15) is 13.8 Å². The molecule has 0 saturated carbocycles. The van der Waals surface area contributed by atoms with Crippen LogP contribution in [0.2, 0.25) is 0 Å². The monoisotopic (exact) mass is 585 g/mol. The molecule has 6 aliphatic heterocycles. The number of aliphatic carboxylic acids is 2. The number of rotatable bonds is 0. The van der Waals surface area contributed by atoms with Gasteiger partial charge < -0.3 is 19.8 Å². The Morgan fingerprint density at radius 3 is 0.590 bits per heavy atom. The summed E-state index contributed by atoms with van der Waals surface area (Å²) in [5.74, 6) is -2.17. The fraction of sp³-hybridized carbons (Fsp3) is 0.364. The molecule has 17 heteroatoms. The third kappa shape index (κ3) is 51.1. The molecular formula is C22H30CoN12O4. The van der Waals surface area contributed by atoms with Crippen molar-refractivity contribution < 1.29 is 36.6 Å². The predicted molar refractivity (Wildman–Crippen MR) is 152 cm³/mol. The first-order valence-corrected chi connectivity index (χ1v) is 10.8. The third-order valence-electron chi connectivity index (χ3n) is 2.64. The molecule has 0 atom stereocenters. The summed E-state index contributed by atoms with van der Waals surface area (Å²) in [7, 11) is 0. The second-order valence-corrected chi connectivity index (χ2v) is 5.86. The normalized spacial score (nSPS) is 14.8. The summed E-state index contributed by atoms with van der Waals surface area (Å²) in [4.78, 5) is 62.2. The van der Waals surface area contributed by atoms with Gasteiger partial charge in [-0.1, -0.05) is 0 Å². The van der Waals surface area contributed by atoms with Crippen molar-refractivity contribution in [1.29, 1.82) is 0 Å². The summed E-state index contributed by atoms with van der Waals surface area (Å²) in [6, 6.07) is 0. The van der Waals surface area contributed by atoms with E-state index in [-0.39, 0.29) is 16.8 Å². The quantitative estimate of drug-likeness (QED) is 0.317. The van der Waals surface area contributed by atoms with Crippen LogP contribution in [-0.2, 0) is 26.4 Å². The molecule has 6 heterocycles. The van der Waals surface area contributed by atoms with Gasteiger partial charge in [0, 0.05) is 49.2 Å². The van der Waals surface area contributed by atoms with Gasteiger partial charge >= 0.3 is 16.8 Å².